The van der Waals surface area contributed by atoms with E-state index in [1.807, 2.05) is 0 Å². The van der Waals surface area contributed by atoms with Gasteiger partial charge in [-0.2, -0.15) is 0 Å². The third-order valence-corrected chi connectivity index (χ3v) is 2.50. The minimum absolute atomic E-state index is 0.570. The van der Waals surface area contributed by atoms with Crippen LogP contribution in [0.25, 0.3) is 0 Å². The number of rotatable bonds is 4. The minimum atomic E-state index is 0.570. The van der Waals surface area contributed by atoms with Crippen molar-refractivity contribution < 1.29 is 4.74 Å². The highest BCUT2D eigenvalue weighted by Crippen LogP contribution is 2.16. The largest absolute Gasteiger partial charge is 0.381 e. The molecule has 0 aromatic carbocycles. The fraction of sp³-hybridized carbons (Fsp3) is 0.833. The van der Waals surface area contributed by atoms with Gasteiger partial charge in [0.15, 0.2) is 0 Å². The van der Waals surface area contributed by atoms with Crippen molar-refractivity contribution >= 4 is 0 Å². The highest BCUT2D eigenvalue weighted by molar-refractivity contribution is 5.03. The summed E-state index contributed by atoms with van der Waals surface area (Å²) in [6.07, 6.45) is 4.87. The van der Waals surface area contributed by atoms with Crippen molar-refractivity contribution in [2.45, 2.75) is 39.7 Å². The molecule has 0 aromatic rings. The van der Waals surface area contributed by atoms with Crippen LogP contribution in [0.2, 0.25) is 0 Å². The molecule has 0 radical (unpaired) electrons. The molecule has 1 aliphatic rings. The lowest BCUT2D eigenvalue weighted by Crippen LogP contribution is -2.25. The van der Waals surface area contributed by atoms with Gasteiger partial charge in [0.05, 0.1) is 6.61 Å². The molecular formula is C12H23NO. The van der Waals surface area contributed by atoms with E-state index in [9.17, 15) is 0 Å². The summed E-state index contributed by atoms with van der Waals surface area (Å²) in [5.74, 6) is 0.651. The Morgan fingerprint density at radius 2 is 2.36 bits per heavy atom. The van der Waals surface area contributed by atoms with Gasteiger partial charge in [-0.25, -0.2) is 0 Å². The SMILES string of the molecule is CC(=CC1CCCOC1)CNC(C)C. The number of hydrogen-bond donors (Lipinski definition) is 1. The Balaban J connectivity index is 2.26. The van der Waals surface area contributed by atoms with Crippen molar-refractivity contribution in [3.05, 3.63) is 11.6 Å². The van der Waals surface area contributed by atoms with Gasteiger partial charge in [0.2, 0.25) is 0 Å². The van der Waals surface area contributed by atoms with E-state index in [-0.39, 0.29) is 0 Å². The number of nitrogens with one attached hydrogen (secondary N) is 1. The van der Waals surface area contributed by atoms with Crippen molar-refractivity contribution in [2.24, 2.45) is 5.92 Å². The molecule has 1 saturated heterocycles. The van der Waals surface area contributed by atoms with Crippen LogP contribution in [-0.4, -0.2) is 25.8 Å². The fourth-order valence-electron chi connectivity index (χ4n) is 1.72. The van der Waals surface area contributed by atoms with Crippen LogP contribution in [0.3, 0.4) is 0 Å². The molecule has 82 valence electrons. The van der Waals surface area contributed by atoms with E-state index >= 15 is 0 Å². The summed E-state index contributed by atoms with van der Waals surface area (Å²) in [6, 6.07) is 0.570. The minimum Gasteiger partial charge on any atom is -0.381 e. The molecule has 2 nitrogen and oxygen atoms in total. The van der Waals surface area contributed by atoms with Crippen LogP contribution in [0.15, 0.2) is 11.6 Å². The van der Waals surface area contributed by atoms with Crippen molar-refractivity contribution in [2.75, 3.05) is 19.8 Å². The van der Waals surface area contributed by atoms with Gasteiger partial charge >= 0.3 is 0 Å². The fourth-order valence-corrected chi connectivity index (χ4v) is 1.72. The average Bonchev–Trinajstić information content (AvgIpc) is 2.16. The molecule has 1 rings (SSSR count). The van der Waals surface area contributed by atoms with Crippen LogP contribution < -0.4 is 5.32 Å². The lowest BCUT2D eigenvalue weighted by Gasteiger charge is -2.20. The normalized spacial score (nSPS) is 24.3. The first-order valence-corrected chi connectivity index (χ1v) is 5.67. The molecule has 0 spiro atoms. The topological polar surface area (TPSA) is 21.3 Å². The molecule has 0 aliphatic carbocycles. The van der Waals surface area contributed by atoms with Crippen LogP contribution in [-0.2, 0) is 4.74 Å². The second-order valence-corrected chi connectivity index (χ2v) is 4.53. The molecule has 1 N–H and O–H groups in total. The maximum Gasteiger partial charge on any atom is 0.0528 e. The van der Waals surface area contributed by atoms with Gasteiger partial charge in [0.1, 0.15) is 0 Å². The molecule has 1 unspecified atom stereocenters. The van der Waals surface area contributed by atoms with E-state index < -0.39 is 0 Å². The summed E-state index contributed by atoms with van der Waals surface area (Å²) < 4.78 is 5.44. The lowest BCUT2D eigenvalue weighted by molar-refractivity contribution is 0.0707. The Hall–Kier alpha value is -0.340. The van der Waals surface area contributed by atoms with E-state index in [0.717, 1.165) is 19.8 Å². The van der Waals surface area contributed by atoms with Crippen molar-refractivity contribution in [1.29, 1.82) is 0 Å². The Labute approximate surface area is 87.7 Å². The van der Waals surface area contributed by atoms with Crippen LogP contribution in [0.1, 0.15) is 33.6 Å². The van der Waals surface area contributed by atoms with E-state index in [4.69, 9.17) is 4.74 Å². The molecule has 2 heteroatoms. The predicted molar refractivity (Wildman–Crippen MR) is 60.4 cm³/mol. The van der Waals surface area contributed by atoms with E-state index in [2.05, 4.69) is 32.2 Å². The third kappa shape index (κ3) is 4.77. The Morgan fingerprint density at radius 1 is 1.57 bits per heavy atom. The summed E-state index contributed by atoms with van der Waals surface area (Å²) in [5, 5.41) is 3.43. The molecule has 0 bridgehead atoms. The first-order valence-electron chi connectivity index (χ1n) is 5.67. The highest BCUT2D eigenvalue weighted by Gasteiger charge is 2.11. The molecule has 1 fully saturated rings. The zero-order valence-electron chi connectivity index (χ0n) is 9.68. The first kappa shape index (κ1) is 11.7. The van der Waals surface area contributed by atoms with Crippen LogP contribution in [0, 0.1) is 5.92 Å². The number of hydrogen-bond acceptors (Lipinski definition) is 2. The molecule has 1 heterocycles. The van der Waals surface area contributed by atoms with E-state index in [0.29, 0.717) is 12.0 Å². The standard InChI is InChI=1S/C12H23NO/c1-10(2)13-8-11(3)7-12-5-4-6-14-9-12/h7,10,12-13H,4-6,8-9H2,1-3H3. The summed E-state index contributed by atoms with van der Waals surface area (Å²) in [4.78, 5) is 0. The second-order valence-electron chi connectivity index (χ2n) is 4.53. The smallest absolute Gasteiger partial charge is 0.0528 e. The molecule has 1 aliphatic heterocycles. The van der Waals surface area contributed by atoms with E-state index in [1.54, 1.807) is 0 Å². The van der Waals surface area contributed by atoms with Crippen LogP contribution in [0.5, 0.6) is 0 Å². The van der Waals surface area contributed by atoms with Gasteiger partial charge in [0, 0.05) is 25.1 Å². The molecule has 0 amide bonds. The van der Waals surface area contributed by atoms with Crippen molar-refractivity contribution in [3.63, 3.8) is 0 Å². The van der Waals surface area contributed by atoms with Gasteiger partial charge in [-0.05, 0) is 19.8 Å². The Morgan fingerprint density at radius 3 is 2.93 bits per heavy atom. The maximum atomic E-state index is 5.44. The third-order valence-electron chi connectivity index (χ3n) is 2.50. The summed E-state index contributed by atoms with van der Waals surface area (Å²) in [5.41, 5.74) is 1.44. The van der Waals surface area contributed by atoms with Crippen LogP contribution >= 0.6 is 0 Å². The van der Waals surface area contributed by atoms with Crippen molar-refractivity contribution in [3.8, 4) is 0 Å². The van der Waals surface area contributed by atoms with Gasteiger partial charge in [-0.1, -0.05) is 25.5 Å². The molecular weight excluding hydrogens is 174 g/mol. The highest BCUT2D eigenvalue weighted by atomic mass is 16.5. The number of ether oxygens (including phenoxy) is 1. The van der Waals surface area contributed by atoms with Gasteiger partial charge < -0.3 is 10.1 Å². The molecule has 0 saturated carbocycles. The van der Waals surface area contributed by atoms with Gasteiger partial charge in [-0.3, -0.25) is 0 Å². The predicted octanol–water partition coefficient (Wildman–Crippen LogP) is 2.36. The Bertz CT molecular complexity index is 181. The summed E-state index contributed by atoms with van der Waals surface area (Å²) in [6.45, 7) is 9.43. The van der Waals surface area contributed by atoms with Gasteiger partial charge in [0.25, 0.3) is 0 Å². The molecule has 1 atom stereocenters. The van der Waals surface area contributed by atoms with Gasteiger partial charge in [-0.15, -0.1) is 0 Å². The van der Waals surface area contributed by atoms with Crippen molar-refractivity contribution in [1.82, 2.24) is 5.32 Å². The summed E-state index contributed by atoms with van der Waals surface area (Å²) in [7, 11) is 0. The first-order chi connectivity index (χ1) is 6.68. The Kier molecular flexibility index (Phi) is 5.20. The zero-order valence-corrected chi connectivity index (χ0v) is 9.68. The van der Waals surface area contributed by atoms with E-state index in [1.165, 1.54) is 18.4 Å². The average molecular weight is 197 g/mol. The maximum absolute atomic E-state index is 5.44. The monoisotopic (exact) mass is 197 g/mol. The summed E-state index contributed by atoms with van der Waals surface area (Å²) >= 11 is 0. The quantitative estimate of drug-likeness (QED) is 0.699. The zero-order chi connectivity index (χ0) is 10.4. The second kappa shape index (κ2) is 6.20. The van der Waals surface area contributed by atoms with Crippen LogP contribution in [0.4, 0.5) is 0 Å². The lowest BCUT2D eigenvalue weighted by atomic mass is 9.99. The molecule has 0 aromatic heterocycles. The molecule has 14 heavy (non-hydrogen) atoms.